The molecule has 0 amide bonds. The Labute approximate surface area is 98.1 Å². The van der Waals surface area contributed by atoms with Crippen molar-refractivity contribution >= 4 is 10.9 Å². The zero-order chi connectivity index (χ0) is 11.8. The van der Waals surface area contributed by atoms with Gasteiger partial charge in [0.05, 0.1) is 0 Å². The van der Waals surface area contributed by atoms with Gasteiger partial charge < -0.3 is 4.98 Å². The first kappa shape index (κ1) is 9.67. The quantitative estimate of drug-likeness (QED) is 0.687. The third-order valence-corrected chi connectivity index (χ3v) is 2.84. The van der Waals surface area contributed by atoms with Crippen molar-refractivity contribution in [2.75, 3.05) is 0 Å². The molecule has 3 rings (SSSR count). The van der Waals surface area contributed by atoms with Gasteiger partial charge in [0.1, 0.15) is 11.6 Å². The number of nitriles is 1. The van der Waals surface area contributed by atoms with E-state index in [1.54, 1.807) is 10.9 Å². The first-order valence-electron chi connectivity index (χ1n) is 5.33. The standard InChI is InChI=1S/C13H10N4/c1-9-6-7-15-17(9)13-11(8-14)10-4-2-3-5-12(10)16-13/h2-7,16H,1H3. The Balaban J connectivity index is 2.38. The van der Waals surface area contributed by atoms with Crippen LogP contribution in [-0.2, 0) is 0 Å². The molecule has 2 aromatic heterocycles. The maximum atomic E-state index is 9.28. The maximum Gasteiger partial charge on any atom is 0.150 e. The van der Waals surface area contributed by atoms with Crippen LogP contribution in [0.25, 0.3) is 16.7 Å². The second-order valence-electron chi connectivity index (χ2n) is 3.89. The molecule has 17 heavy (non-hydrogen) atoms. The molecule has 0 saturated carbocycles. The van der Waals surface area contributed by atoms with E-state index in [9.17, 15) is 5.26 Å². The molecule has 0 aliphatic heterocycles. The first-order valence-corrected chi connectivity index (χ1v) is 5.33. The van der Waals surface area contributed by atoms with Gasteiger partial charge in [0, 0.05) is 22.8 Å². The minimum absolute atomic E-state index is 0.632. The van der Waals surface area contributed by atoms with Crippen LogP contribution >= 0.6 is 0 Å². The van der Waals surface area contributed by atoms with Crippen molar-refractivity contribution in [3.8, 4) is 11.9 Å². The third-order valence-electron chi connectivity index (χ3n) is 2.84. The molecule has 3 aromatic rings. The normalized spacial score (nSPS) is 10.6. The van der Waals surface area contributed by atoms with Crippen LogP contribution in [0.15, 0.2) is 36.5 Å². The lowest BCUT2D eigenvalue weighted by atomic mass is 10.2. The minimum atomic E-state index is 0.632. The van der Waals surface area contributed by atoms with Crippen molar-refractivity contribution in [2.24, 2.45) is 0 Å². The van der Waals surface area contributed by atoms with Crippen LogP contribution in [-0.4, -0.2) is 14.8 Å². The summed E-state index contributed by atoms with van der Waals surface area (Å²) >= 11 is 0. The van der Waals surface area contributed by atoms with Crippen LogP contribution in [0.1, 0.15) is 11.3 Å². The second kappa shape index (κ2) is 3.49. The van der Waals surface area contributed by atoms with E-state index < -0.39 is 0 Å². The van der Waals surface area contributed by atoms with Gasteiger partial charge in [-0.05, 0) is 19.1 Å². The Morgan fingerprint density at radius 3 is 2.82 bits per heavy atom. The monoisotopic (exact) mass is 222 g/mol. The van der Waals surface area contributed by atoms with Crippen LogP contribution < -0.4 is 0 Å². The molecule has 82 valence electrons. The van der Waals surface area contributed by atoms with Gasteiger partial charge in [0.2, 0.25) is 0 Å². The van der Waals surface area contributed by atoms with E-state index >= 15 is 0 Å². The summed E-state index contributed by atoms with van der Waals surface area (Å²) in [6, 6.07) is 11.9. The highest BCUT2D eigenvalue weighted by Crippen LogP contribution is 2.24. The van der Waals surface area contributed by atoms with Gasteiger partial charge >= 0.3 is 0 Å². The summed E-state index contributed by atoms with van der Waals surface area (Å²) in [5, 5.41) is 14.4. The van der Waals surface area contributed by atoms with Crippen molar-refractivity contribution in [3.05, 3.63) is 47.8 Å². The Morgan fingerprint density at radius 2 is 2.12 bits per heavy atom. The Morgan fingerprint density at radius 1 is 1.29 bits per heavy atom. The minimum Gasteiger partial charge on any atom is -0.339 e. The fraction of sp³-hybridized carbons (Fsp3) is 0.0769. The molecule has 1 aromatic carbocycles. The molecule has 0 bridgehead atoms. The van der Waals surface area contributed by atoms with Crippen LogP contribution in [0.5, 0.6) is 0 Å². The fourth-order valence-electron chi connectivity index (χ4n) is 2.00. The van der Waals surface area contributed by atoms with Gasteiger partial charge in [0.15, 0.2) is 5.82 Å². The fourth-order valence-corrected chi connectivity index (χ4v) is 2.00. The summed E-state index contributed by atoms with van der Waals surface area (Å²) in [5.41, 5.74) is 2.58. The lowest BCUT2D eigenvalue weighted by molar-refractivity contribution is 0.824. The average Bonchev–Trinajstić information content (AvgIpc) is 2.91. The SMILES string of the molecule is Cc1ccnn1-c1[nH]c2ccccc2c1C#N. The van der Waals surface area contributed by atoms with Crippen molar-refractivity contribution in [1.29, 1.82) is 5.26 Å². The molecule has 0 saturated heterocycles. The van der Waals surface area contributed by atoms with E-state index in [1.165, 1.54) is 0 Å². The number of aryl methyl sites for hydroxylation is 1. The summed E-state index contributed by atoms with van der Waals surface area (Å²) in [7, 11) is 0. The highest BCUT2D eigenvalue weighted by molar-refractivity contribution is 5.89. The summed E-state index contributed by atoms with van der Waals surface area (Å²) in [6.45, 7) is 1.96. The molecule has 0 spiro atoms. The van der Waals surface area contributed by atoms with Crippen LogP contribution in [0, 0.1) is 18.3 Å². The number of H-pyrrole nitrogens is 1. The van der Waals surface area contributed by atoms with E-state index in [0.29, 0.717) is 5.56 Å². The number of rotatable bonds is 1. The molecule has 0 atom stereocenters. The Bertz CT molecular complexity index is 727. The zero-order valence-electron chi connectivity index (χ0n) is 9.31. The van der Waals surface area contributed by atoms with Crippen LogP contribution in [0.3, 0.4) is 0 Å². The lowest BCUT2D eigenvalue weighted by Gasteiger charge is -2.00. The van der Waals surface area contributed by atoms with Crippen molar-refractivity contribution < 1.29 is 0 Å². The van der Waals surface area contributed by atoms with Gasteiger partial charge in [-0.2, -0.15) is 10.4 Å². The van der Waals surface area contributed by atoms with Gasteiger partial charge in [0.25, 0.3) is 0 Å². The highest BCUT2D eigenvalue weighted by Gasteiger charge is 2.13. The van der Waals surface area contributed by atoms with Crippen molar-refractivity contribution in [2.45, 2.75) is 6.92 Å². The molecule has 0 radical (unpaired) electrons. The van der Waals surface area contributed by atoms with E-state index in [4.69, 9.17) is 0 Å². The van der Waals surface area contributed by atoms with Crippen molar-refractivity contribution in [1.82, 2.24) is 14.8 Å². The first-order chi connectivity index (χ1) is 8.31. The molecule has 0 fully saturated rings. The summed E-state index contributed by atoms with van der Waals surface area (Å²) < 4.78 is 1.75. The molecule has 2 heterocycles. The summed E-state index contributed by atoms with van der Waals surface area (Å²) in [5.74, 6) is 0.733. The predicted octanol–water partition coefficient (Wildman–Crippen LogP) is 2.53. The number of aromatic amines is 1. The van der Waals surface area contributed by atoms with E-state index in [2.05, 4.69) is 16.2 Å². The topological polar surface area (TPSA) is 57.4 Å². The number of aromatic nitrogens is 3. The number of para-hydroxylation sites is 1. The zero-order valence-corrected chi connectivity index (χ0v) is 9.31. The Hall–Kier alpha value is -2.54. The smallest absolute Gasteiger partial charge is 0.150 e. The van der Waals surface area contributed by atoms with E-state index in [1.807, 2.05) is 37.3 Å². The predicted molar refractivity (Wildman–Crippen MR) is 64.9 cm³/mol. The lowest BCUT2D eigenvalue weighted by Crippen LogP contribution is -2.00. The van der Waals surface area contributed by atoms with Gasteiger partial charge in [-0.3, -0.25) is 0 Å². The maximum absolute atomic E-state index is 9.28. The summed E-state index contributed by atoms with van der Waals surface area (Å²) in [4.78, 5) is 3.24. The second-order valence-corrected chi connectivity index (χ2v) is 3.89. The molecular weight excluding hydrogens is 212 g/mol. The van der Waals surface area contributed by atoms with Gasteiger partial charge in [-0.15, -0.1) is 0 Å². The number of hydrogen-bond donors (Lipinski definition) is 1. The summed E-state index contributed by atoms with van der Waals surface area (Å²) in [6.07, 6.45) is 1.72. The Kier molecular flexibility index (Phi) is 1.99. The number of benzene rings is 1. The third kappa shape index (κ3) is 1.33. The largest absolute Gasteiger partial charge is 0.339 e. The number of fused-ring (bicyclic) bond motifs is 1. The molecule has 0 aliphatic rings. The van der Waals surface area contributed by atoms with Gasteiger partial charge in [-0.25, -0.2) is 4.68 Å². The van der Waals surface area contributed by atoms with E-state index in [0.717, 1.165) is 22.4 Å². The number of nitrogens with one attached hydrogen (secondary N) is 1. The van der Waals surface area contributed by atoms with E-state index in [-0.39, 0.29) is 0 Å². The molecule has 4 nitrogen and oxygen atoms in total. The highest BCUT2D eigenvalue weighted by atomic mass is 15.3. The molecular formula is C13H10N4. The molecule has 4 heteroatoms. The number of hydrogen-bond acceptors (Lipinski definition) is 2. The number of nitrogens with zero attached hydrogens (tertiary/aromatic N) is 3. The molecule has 0 unspecified atom stereocenters. The molecule has 0 aliphatic carbocycles. The van der Waals surface area contributed by atoms with Crippen LogP contribution in [0.4, 0.5) is 0 Å². The van der Waals surface area contributed by atoms with Crippen molar-refractivity contribution in [3.63, 3.8) is 0 Å². The van der Waals surface area contributed by atoms with Crippen LogP contribution in [0.2, 0.25) is 0 Å². The molecule has 1 N–H and O–H groups in total. The van der Waals surface area contributed by atoms with Gasteiger partial charge in [-0.1, -0.05) is 18.2 Å². The average molecular weight is 222 g/mol.